The highest BCUT2D eigenvalue weighted by Crippen LogP contribution is 2.21. The zero-order valence-corrected chi connectivity index (χ0v) is 13.9. The summed E-state index contributed by atoms with van der Waals surface area (Å²) in [6, 6.07) is 0.428. The Morgan fingerprint density at radius 1 is 1.11 bits per heavy atom. The summed E-state index contributed by atoms with van der Waals surface area (Å²) in [7, 11) is 0. The summed E-state index contributed by atoms with van der Waals surface area (Å²) in [4.78, 5) is 0. The van der Waals surface area contributed by atoms with Gasteiger partial charge in [-0.1, -0.05) is 41.0 Å². The van der Waals surface area contributed by atoms with Gasteiger partial charge in [0.1, 0.15) is 0 Å². The van der Waals surface area contributed by atoms with Crippen LogP contribution in [0.3, 0.4) is 0 Å². The second kappa shape index (κ2) is 9.22. The van der Waals surface area contributed by atoms with E-state index in [2.05, 4.69) is 58.6 Å². The summed E-state index contributed by atoms with van der Waals surface area (Å²) in [5, 5.41) is 13.7. The van der Waals surface area contributed by atoms with Crippen LogP contribution in [0.2, 0.25) is 0 Å². The molecule has 0 saturated heterocycles. The van der Waals surface area contributed by atoms with Gasteiger partial charge in [0.25, 0.3) is 0 Å². The van der Waals surface area contributed by atoms with Gasteiger partial charge in [-0.3, -0.25) is 0 Å². The number of aliphatic hydroxyl groups is 1. The molecule has 2 atom stereocenters. The van der Waals surface area contributed by atoms with Gasteiger partial charge in [-0.25, -0.2) is 0 Å². The smallest absolute Gasteiger partial charge is 0.0610 e. The Bertz CT molecular complexity index is 209. The Morgan fingerprint density at radius 2 is 1.72 bits per heavy atom. The first-order chi connectivity index (χ1) is 8.30. The molecule has 18 heavy (non-hydrogen) atoms. The minimum Gasteiger partial charge on any atom is -0.394 e. The van der Waals surface area contributed by atoms with Gasteiger partial charge in [-0.05, 0) is 31.4 Å². The van der Waals surface area contributed by atoms with Crippen LogP contribution in [0, 0.1) is 5.92 Å². The molecule has 0 aliphatic heterocycles. The molecule has 0 amide bonds. The number of hydrogen-bond donors (Lipinski definition) is 2. The van der Waals surface area contributed by atoms with Crippen molar-refractivity contribution >= 4 is 11.8 Å². The predicted octanol–water partition coefficient (Wildman–Crippen LogP) is 3.68. The van der Waals surface area contributed by atoms with Crippen LogP contribution in [0.5, 0.6) is 0 Å². The lowest BCUT2D eigenvalue weighted by Gasteiger charge is -2.31. The van der Waals surface area contributed by atoms with Gasteiger partial charge in [0.15, 0.2) is 0 Å². The molecule has 2 unspecified atom stereocenters. The van der Waals surface area contributed by atoms with Crippen LogP contribution in [-0.2, 0) is 0 Å². The SMILES string of the molecule is CC(C)NC(C)(CO)CCCCSC(C)C(C)C. The fraction of sp³-hybridized carbons (Fsp3) is 1.00. The van der Waals surface area contributed by atoms with E-state index in [-0.39, 0.29) is 12.1 Å². The maximum absolute atomic E-state index is 9.48. The molecule has 3 heteroatoms. The number of rotatable bonds is 10. The van der Waals surface area contributed by atoms with Crippen molar-refractivity contribution in [2.24, 2.45) is 5.92 Å². The monoisotopic (exact) mass is 275 g/mol. The maximum Gasteiger partial charge on any atom is 0.0610 e. The molecule has 0 bridgehead atoms. The van der Waals surface area contributed by atoms with E-state index < -0.39 is 0 Å². The second-order valence-corrected chi connectivity index (χ2v) is 7.78. The third-order valence-electron chi connectivity index (χ3n) is 3.43. The summed E-state index contributed by atoms with van der Waals surface area (Å²) in [6.07, 6.45) is 3.49. The van der Waals surface area contributed by atoms with E-state index in [4.69, 9.17) is 0 Å². The third-order valence-corrected chi connectivity index (χ3v) is 5.02. The molecule has 0 aromatic heterocycles. The molecule has 0 rings (SSSR count). The Hall–Kier alpha value is 0.270. The average molecular weight is 276 g/mol. The highest BCUT2D eigenvalue weighted by atomic mass is 32.2. The predicted molar refractivity (Wildman–Crippen MR) is 84.4 cm³/mol. The van der Waals surface area contributed by atoms with Crippen molar-refractivity contribution in [2.45, 2.75) is 77.6 Å². The topological polar surface area (TPSA) is 32.3 Å². The van der Waals surface area contributed by atoms with E-state index in [9.17, 15) is 5.11 Å². The molecule has 110 valence electrons. The highest BCUT2D eigenvalue weighted by molar-refractivity contribution is 7.99. The fourth-order valence-corrected chi connectivity index (χ4v) is 3.10. The van der Waals surface area contributed by atoms with Crippen LogP contribution >= 0.6 is 11.8 Å². The number of hydrogen-bond acceptors (Lipinski definition) is 3. The van der Waals surface area contributed by atoms with E-state index in [1.165, 1.54) is 18.6 Å². The molecule has 0 saturated carbocycles. The van der Waals surface area contributed by atoms with Crippen molar-refractivity contribution < 1.29 is 5.11 Å². The molecule has 0 radical (unpaired) electrons. The van der Waals surface area contributed by atoms with Crippen LogP contribution in [-0.4, -0.2) is 34.3 Å². The lowest BCUT2D eigenvalue weighted by atomic mass is 9.95. The molecule has 2 nitrogen and oxygen atoms in total. The Morgan fingerprint density at radius 3 is 2.17 bits per heavy atom. The number of nitrogens with one attached hydrogen (secondary N) is 1. The largest absolute Gasteiger partial charge is 0.394 e. The van der Waals surface area contributed by atoms with Crippen molar-refractivity contribution in [3.8, 4) is 0 Å². The van der Waals surface area contributed by atoms with Gasteiger partial charge in [-0.2, -0.15) is 11.8 Å². The summed E-state index contributed by atoms with van der Waals surface area (Å²) in [5.74, 6) is 2.00. The quantitative estimate of drug-likeness (QED) is 0.597. The molecule has 0 aliphatic carbocycles. The number of aliphatic hydroxyl groups excluding tert-OH is 1. The molecular formula is C15H33NOS. The Balaban J connectivity index is 3.75. The number of unbranched alkanes of at least 4 members (excludes halogenated alkanes) is 1. The maximum atomic E-state index is 9.48. The van der Waals surface area contributed by atoms with Crippen LogP contribution in [0.15, 0.2) is 0 Å². The van der Waals surface area contributed by atoms with Gasteiger partial charge in [0, 0.05) is 16.8 Å². The van der Waals surface area contributed by atoms with Crippen LogP contribution in [0.4, 0.5) is 0 Å². The average Bonchev–Trinajstić information content (AvgIpc) is 2.27. The van der Waals surface area contributed by atoms with Crippen LogP contribution in [0.1, 0.15) is 60.8 Å². The molecule has 0 aliphatic rings. The highest BCUT2D eigenvalue weighted by Gasteiger charge is 2.22. The second-order valence-electron chi connectivity index (χ2n) is 6.29. The van der Waals surface area contributed by atoms with E-state index in [1.807, 2.05) is 0 Å². The molecule has 0 aromatic carbocycles. The molecule has 0 spiro atoms. The molecule has 0 aromatic rings. The standard InChI is InChI=1S/C15H33NOS/c1-12(2)14(5)18-10-8-7-9-15(6,11-17)16-13(3)4/h12-14,16-17H,7-11H2,1-6H3. The van der Waals surface area contributed by atoms with Gasteiger partial charge < -0.3 is 10.4 Å². The molecule has 0 fully saturated rings. The van der Waals surface area contributed by atoms with Crippen molar-refractivity contribution in [2.75, 3.05) is 12.4 Å². The molecule has 0 heterocycles. The van der Waals surface area contributed by atoms with Crippen molar-refractivity contribution in [3.05, 3.63) is 0 Å². The Kier molecular flexibility index (Phi) is 9.36. The minimum atomic E-state index is -0.109. The van der Waals surface area contributed by atoms with Crippen molar-refractivity contribution in [1.29, 1.82) is 0 Å². The zero-order chi connectivity index (χ0) is 14.2. The summed E-state index contributed by atoms with van der Waals surface area (Å²) in [6.45, 7) is 13.5. The van der Waals surface area contributed by atoms with E-state index >= 15 is 0 Å². The summed E-state index contributed by atoms with van der Waals surface area (Å²) >= 11 is 2.07. The first-order valence-corrected chi connectivity index (χ1v) is 8.36. The summed E-state index contributed by atoms with van der Waals surface area (Å²) in [5.41, 5.74) is -0.109. The molecule has 2 N–H and O–H groups in total. The number of thioether (sulfide) groups is 1. The molecular weight excluding hydrogens is 242 g/mol. The van der Waals surface area contributed by atoms with Crippen LogP contribution < -0.4 is 5.32 Å². The lowest BCUT2D eigenvalue weighted by molar-refractivity contribution is 0.154. The first-order valence-electron chi connectivity index (χ1n) is 7.31. The lowest BCUT2D eigenvalue weighted by Crippen LogP contribution is -2.49. The normalized spacial score (nSPS) is 17.2. The first kappa shape index (κ1) is 18.3. The fourth-order valence-electron chi connectivity index (χ4n) is 1.97. The van der Waals surface area contributed by atoms with Gasteiger partial charge in [0.2, 0.25) is 0 Å². The van der Waals surface area contributed by atoms with Gasteiger partial charge >= 0.3 is 0 Å². The third kappa shape index (κ3) is 8.39. The van der Waals surface area contributed by atoms with Crippen LogP contribution in [0.25, 0.3) is 0 Å². The zero-order valence-electron chi connectivity index (χ0n) is 13.1. The van der Waals surface area contributed by atoms with Gasteiger partial charge in [-0.15, -0.1) is 0 Å². The van der Waals surface area contributed by atoms with E-state index in [1.54, 1.807) is 0 Å². The van der Waals surface area contributed by atoms with Crippen molar-refractivity contribution in [3.63, 3.8) is 0 Å². The van der Waals surface area contributed by atoms with E-state index in [0.717, 1.165) is 17.6 Å². The Labute approximate surface area is 118 Å². The van der Waals surface area contributed by atoms with E-state index in [0.29, 0.717) is 6.04 Å². The minimum absolute atomic E-state index is 0.109. The van der Waals surface area contributed by atoms with Crippen molar-refractivity contribution in [1.82, 2.24) is 5.32 Å². The van der Waals surface area contributed by atoms with Gasteiger partial charge in [0.05, 0.1) is 6.61 Å². The summed E-state index contributed by atoms with van der Waals surface area (Å²) < 4.78 is 0.